The summed E-state index contributed by atoms with van der Waals surface area (Å²) in [4.78, 5) is 28.7. The second kappa shape index (κ2) is 10.9. The summed E-state index contributed by atoms with van der Waals surface area (Å²) in [7, 11) is 1.48. The SMILES string of the molecule is COc1cccc(OCC(=O)O)c1-c1ccc(F)c2c1CN(OC(=O)OCc1ccccc1)CC2. The first-order valence-corrected chi connectivity index (χ1v) is 10.9. The van der Waals surface area contributed by atoms with Crippen molar-refractivity contribution < 1.29 is 38.1 Å². The lowest BCUT2D eigenvalue weighted by Gasteiger charge is -2.29. The molecule has 1 aliphatic rings. The second-order valence-corrected chi connectivity index (χ2v) is 7.80. The van der Waals surface area contributed by atoms with Crippen molar-refractivity contribution in [2.75, 3.05) is 20.3 Å². The lowest BCUT2D eigenvalue weighted by Crippen LogP contribution is -2.34. The summed E-state index contributed by atoms with van der Waals surface area (Å²) in [5.41, 5.74) is 2.96. The van der Waals surface area contributed by atoms with Crippen LogP contribution in [0.3, 0.4) is 0 Å². The van der Waals surface area contributed by atoms with Gasteiger partial charge in [0.1, 0.15) is 23.9 Å². The lowest BCUT2D eigenvalue weighted by molar-refractivity contribution is -0.139. The van der Waals surface area contributed by atoms with Gasteiger partial charge in [-0.25, -0.2) is 14.0 Å². The molecule has 0 unspecified atom stereocenters. The number of halogens is 1. The molecular formula is C26H24FNO7. The predicted molar refractivity (Wildman–Crippen MR) is 123 cm³/mol. The molecule has 0 aliphatic carbocycles. The van der Waals surface area contributed by atoms with Crippen LogP contribution in [-0.2, 0) is 33.9 Å². The third-order valence-electron chi connectivity index (χ3n) is 5.55. The first-order chi connectivity index (χ1) is 17.0. The van der Waals surface area contributed by atoms with E-state index in [1.165, 1.54) is 18.2 Å². The monoisotopic (exact) mass is 481 g/mol. The Balaban J connectivity index is 1.59. The van der Waals surface area contributed by atoms with Gasteiger partial charge in [-0.15, -0.1) is 5.06 Å². The number of carbonyl (C=O) groups is 2. The number of ether oxygens (including phenoxy) is 3. The van der Waals surface area contributed by atoms with E-state index in [0.717, 1.165) is 5.56 Å². The van der Waals surface area contributed by atoms with E-state index in [4.69, 9.17) is 24.2 Å². The number of carboxylic acid groups (broad SMARTS) is 1. The number of hydroxylamine groups is 2. The number of benzene rings is 3. The van der Waals surface area contributed by atoms with E-state index in [-0.39, 0.29) is 31.3 Å². The number of hydrogen-bond acceptors (Lipinski definition) is 7. The minimum Gasteiger partial charge on any atom is -0.496 e. The van der Waals surface area contributed by atoms with Crippen LogP contribution in [0, 0.1) is 5.82 Å². The summed E-state index contributed by atoms with van der Waals surface area (Å²) < 4.78 is 30.9. The van der Waals surface area contributed by atoms with Crippen molar-refractivity contribution in [2.45, 2.75) is 19.6 Å². The smallest absolute Gasteiger partial charge is 0.496 e. The zero-order valence-electron chi connectivity index (χ0n) is 19.0. The Morgan fingerprint density at radius 3 is 2.51 bits per heavy atom. The van der Waals surface area contributed by atoms with Crippen LogP contribution in [0.4, 0.5) is 9.18 Å². The van der Waals surface area contributed by atoms with Gasteiger partial charge in [0.05, 0.1) is 19.2 Å². The molecule has 1 N–H and O–H groups in total. The Morgan fingerprint density at radius 2 is 1.77 bits per heavy atom. The van der Waals surface area contributed by atoms with Crippen LogP contribution < -0.4 is 9.47 Å². The topological polar surface area (TPSA) is 94.5 Å². The minimum atomic E-state index is -1.13. The summed E-state index contributed by atoms with van der Waals surface area (Å²) in [6, 6.07) is 17.1. The van der Waals surface area contributed by atoms with E-state index in [2.05, 4.69) is 0 Å². The normalized spacial score (nSPS) is 13.0. The molecule has 9 heteroatoms. The van der Waals surface area contributed by atoms with E-state index in [1.54, 1.807) is 24.3 Å². The van der Waals surface area contributed by atoms with Gasteiger partial charge in [0.15, 0.2) is 6.61 Å². The molecular weight excluding hydrogens is 457 g/mol. The van der Waals surface area contributed by atoms with Crippen LogP contribution in [0.5, 0.6) is 11.5 Å². The summed E-state index contributed by atoms with van der Waals surface area (Å²) in [5, 5.41) is 10.5. The highest BCUT2D eigenvalue weighted by atomic mass is 19.1. The number of aliphatic carboxylic acids is 1. The third kappa shape index (κ3) is 5.70. The van der Waals surface area contributed by atoms with E-state index in [1.807, 2.05) is 30.3 Å². The number of carbonyl (C=O) groups excluding carboxylic acids is 1. The first-order valence-electron chi connectivity index (χ1n) is 10.9. The molecule has 0 atom stereocenters. The summed E-state index contributed by atoms with van der Waals surface area (Å²) in [6.45, 7) is -0.108. The van der Waals surface area contributed by atoms with Crippen molar-refractivity contribution in [1.82, 2.24) is 5.06 Å². The van der Waals surface area contributed by atoms with Gasteiger partial charge in [-0.05, 0) is 46.9 Å². The molecule has 4 rings (SSSR count). The summed E-state index contributed by atoms with van der Waals surface area (Å²) in [5.74, 6) is -0.797. The molecule has 0 spiro atoms. The van der Waals surface area contributed by atoms with Gasteiger partial charge in [0.25, 0.3) is 0 Å². The van der Waals surface area contributed by atoms with Crippen molar-refractivity contribution in [2.24, 2.45) is 0 Å². The van der Waals surface area contributed by atoms with E-state index >= 15 is 0 Å². The molecule has 1 aliphatic heterocycles. The molecule has 182 valence electrons. The van der Waals surface area contributed by atoms with Crippen molar-refractivity contribution in [1.29, 1.82) is 0 Å². The predicted octanol–water partition coefficient (Wildman–Crippen LogP) is 4.59. The van der Waals surface area contributed by atoms with E-state index < -0.39 is 18.7 Å². The quantitative estimate of drug-likeness (QED) is 0.467. The molecule has 0 fully saturated rings. The molecule has 3 aromatic carbocycles. The molecule has 0 saturated carbocycles. The van der Waals surface area contributed by atoms with E-state index in [0.29, 0.717) is 34.4 Å². The maximum atomic E-state index is 14.7. The lowest BCUT2D eigenvalue weighted by atomic mass is 9.90. The number of nitrogens with zero attached hydrogens (tertiary/aromatic N) is 1. The van der Waals surface area contributed by atoms with Gasteiger partial charge >= 0.3 is 12.1 Å². The van der Waals surface area contributed by atoms with Crippen LogP contribution >= 0.6 is 0 Å². The Labute approximate surface area is 201 Å². The largest absolute Gasteiger partial charge is 0.528 e. The first kappa shape index (κ1) is 24.0. The Morgan fingerprint density at radius 1 is 1.00 bits per heavy atom. The molecule has 8 nitrogen and oxygen atoms in total. The van der Waals surface area contributed by atoms with Gasteiger partial charge < -0.3 is 24.2 Å². The molecule has 0 amide bonds. The minimum absolute atomic E-state index is 0.0649. The van der Waals surface area contributed by atoms with Crippen LogP contribution in [-0.4, -0.2) is 42.6 Å². The van der Waals surface area contributed by atoms with Crippen LogP contribution in [0.25, 0.3) is 11.1 Å². The van der Waals surface area contributed by atoms with Gasteiger partial charge in [0.2, 0.25) is 0 Å². The standard InChI is InChI=1S/C26H24FNO7/c1-32-22-8-5-9-23(33-16-24(29)30)25(22)19-10-11-21(27)18-12-13-28(14-20(18)19)35-26(31)34-15-17-6-3-2-4-7-17/h2-11H,12-16H2,1H3,(H,29,30). The fourth-order valence-electron chi connectivity index (χ4n) is 3.97. The number of methoxy groups -OCH3 is 1. The number of carboxylic acids is 1. The molecule has 1 heterocycles. The van der Waals surface area contributed by atoms with Crippen molar-refractivity contribution in [3.8, 4) is 22.6 Å². The van der Waals surface area contributed by atoms with Crippen LogP contribution in [0.1, 0.15) is 16.7 Å². The van der Waals surface area contributed by atoms with Gasteiger partial charge in [-0.1, -0.05) is 42.5 Å². The van der Waals surface area contributed by atoms with Crippen molar-refractivity contribution in [3.05, 3.63) is 83.2 Å². The van der Waals surface area contributed by atoms with Crippen molar-refractivity contribution >= 4 is 12.1 Å². The third-order valence-corrected chi connectivity index (χ3v) is 5.55. The fraction of sp³-hybridized carbons (Fsp3) is 0.231. The summed E-state index contributed by atoms with van der Waals surface area (Å²) in [6.07, 6.45) is -0.570. The fourth-order valence-corrected chi connectivity index (χ4v) is 3.97. The summed E-state index contributed by atoms with van der Waals surface area (Å²) >= 11 is 0. The Hall–Kier alpha value is -4.11. The van der Waals surface area contributed by atoms with Crippen molar-refractivity contribution in [3.63, 3.8) is 0 Å². The van der Waals surface area contributed by atoms with Gasteiger partial charge in [-0.3, -0.25) is 0 Å². The Bertz CT molecular complexity index is 1220. The van der Waals surface area contributed by atoms with Gasteiger partial charge in [0, 0.05) is 6.54 Å². The number of hydrogen-bond donors (Lipinski definition) is 1. The van der Waals surface area contributed by atoms with Crippen LogP contribution in [0.15, 0.2) is 60.7 Å². The zero-order chi connectivity index (χ0) is 24.8. The molecule has 35 heavy (non-hydrogen) atoms. The number of rotatable bonds is 8. The molecule has 0 saturated heterocycles. The average molecular weight is 481 g/mol. The van der Waals surface area contributed by atoms with E-state index in [9.17, 15) is 14.0 Å². The maximum absolute atomic E-state index is 14.7. The highest BCUT2D eigenvalue weighted by Gasteiger charge is 2.28. The maximum Gasteiger partial charge on any atom is 0.528 e. The molecule has 3 aromatic rings. The van der Waals surface area contributed by atoms with Gasteiger partial charge in [-0.2, -0.15) is 0 Å². The highest BCUT2D eigenvalue weighted by Crippen LogP contribution is 2.42. The average Bonchev–Trinajstić information content (AvgIpc) is 2.87. The second-order valence-electron chi connectivity index (χ2n) is 7.80. The molecule has 0 bridgehead atoms. The van der Waals surface area contributed by atoms with Crippen LogP contribution in [0.2, 0.25) is 0 Å². The molecule has 0 aromatic heterocycles. The zero-order valence-corrected chi connectivity index (χ0v) is 19.0. The highest BCUT2D eigenvalue weighted by molar-refractivity contribution is 5.81. The molecule has 0 radical (unpaired) electrons. The Kier molecular flexibility index (Phi) is 7.47. The number of fused-ring (bicyclic) bond motifs is 1.